The van der Waals surface area contributed by atoms with Crippen LogP contribution in [0.5, 0.6) is 0 Å². The van der Waals surface area contributed by atoms with Crippen LogP contribution in [0, 0.1) is 12.7 Å². The van der Waals surface area contributed by atoms with Gasteiger partial charge in [0.25, 0.3) is 5.92 Å². The minimum Gasteiger partial charge on any atom is -0.481 e. The van der Waals surface area contributed by atoms with Gasteiger partial charge in [-0.15, -0.1) is 0 Å². The smallest absolute Gasteiger partial charge is 0.309 e. The maximum Gasteiger partial charge on any atom is 0.309 e. The van der Waals surface area contributed by atoms with Gasteiger partial charge in [-0.25, -0.2) is 13.2 Å². The van der Waals surface area contributed by atoms with Gasteiger partial charge in [-0.05, 0) is 19.1 Å². The summed E-state index contributed by atoms with van der Waals surface area (Å²) in [6.45, 7) is 1.53. The second-order valence-electron chi connectivity index (χ2n) is 3.26. The van der Waals surface area contributed by atoms with Crippen molar-refractivity contribution >= 4 is 5.97 Å². The molecule has 82 valence electrons. The van der Waals surface area contributed by atoms with Crippen LogP contribution in [0.25, 0.3) is 0 Å². The summed E-state index contributed by atoms with van der Waals surface area (Å²) in [6, 6.07) is 3.20. The van der Waals surface area contributed by atoms with Crippen LogP contribution in [0.1, 0.15) is 17.5 Å². The van der Waals surface area contributed by atoms with E-state index in [4.69, 9.17) is 5.11 Å². The van der Waals surface area contributed by atoms with E-state index < -0.39 is 29.7 Å². The van der Waals surface area contributed by atoms with Gasteiger partial charge in [-0.1, -0.05) is 11.6 Å². The van der Waals surface area contributed by atoms with E-state index in [2.05, 4.69) is 0 Å². The molecule has 0 saturated heterocycles. The number of hydrogen-bond donors (Lipinski definition) is 1. The van der Waals surface area contributed by atoms with Gasteiger partial charge in [0.2, 0.25) is 0 Å². The van der Waals surface area contributed by atoms with Crippen molar-refractivity contribution < 1.29 is 23.1 Å². The Balaban J connectivity index is 3.13. The normalized spacial score (nSPS) is 11.5. The third-order valence-corrected chi connectivity index (χ3v) is 1.89. The van der Waals surface area contributed by atoms with E-state index in [0.717, 1.165) is 12.1 Å². The second kappa shape index (κ2) is 3.92. The monoisotopic (exact) mass is 218 g/mol. The van der Waals surface area contributed by atoms with E-state index in [9.17, 15) is 18.0 Å². The van der Waals surface area contributed by atoms with Crippen LogP contribution >= 0.6 is 0 Å². The lowest BCUT2D eigenvalue weighted by Crippen LogP contribution is -2.20. The van der Waals surface area contributed by atoms with Crippen LogP contribution in [0.3, 0.4) is 0 Å². The summed E-state index contributed by atoms with van der Waals surface area (Å²) in [5.74, 6) is -6.44. The molecular weight excluding hydrogens is 209 g/mol. The Morgan fingerprint density at radius 2 is 2.07 bits per heavy atom. The summed E-state index contributed by atoms with van der Waals surface area (Å²) in [4.78, 5) is 10.2. The van der Waals surface area contributed by atoms with Gasteiger partial charge in [0.1, 0.15) is 12.2 Å². The standard InChI is InChI=1S/C10H9F3O2/c1-6-2-3-8(11)7(4-6)10(12,13)5-9(14)15/h2-4H,5H2,1H3,(H,14,15). The maximum atomic E-state index is 13.2. The Bertz CT molecular complexity index is 388. The number of alkyl halides is 2. The van der Waals surface area contributed by atoms with E-state index in [-0.39, 0.29) is 0 Å². The summed E-state index contributed by atoms with van der Waals surface area (Å²) in [7, 11) is 0. The Labute approximate surface area is 84.3 Å². The molecule has 5 heteroatoms. The minimum absolute atomic E-state index is 0.455. The first-order chi connectivity index (χ1) is 6.83. The first-order valence-corrected chi connectivity index (χ1v) is 4.19. The predicted octanol–water partition coefficient (Wildman–Crippen LogP) is 2.70. The van der Waals surface area contributed by atoms with Crippen LogP contribution in [0.4, 0.5) is 13.2 Å². The van der Waals surface area contributed by atoms with Gasteiger partial charge < -0.3 is 5.11 Å². The third kappa shape index (κ3) is 2.71. The van der Waals surface area contributed by atoms with Crippen LogP contribution in [-0.2, 0) is 10.7 Å². The molecule has 0 radical (unpaired) electrons. The fourth-order valence-electron chi connectivity index (χ4n) is 1.20. The number of rotatable bonds is 3. The number of aliphatic carboxylic acids is 1. The fraction of sp³-hybridized carbons (Fsp3) is 0.300. The molecule has 1 rings (SSSR count). The highest BCUT2D eigenvalue weighted by Crippen LogP contribution is 2.33. The molecule has 0 spiro atoms. The zero-order chi connectivity index (χ0) is 11.6. The van der Waals surface area contributed by atoms with Crippen molar-refractivity contribution in [2.24, 2.45) is 0 Å². The first kappa shape index (κ1) is 11.6. The number of halogens is 3. The molecule has 0 saturated carbocycles. The highest BCUT2D eigenvalue weighted by Gasteiger charge is 2.37. The van der Waals surface area contributed by atoms with Gasteiger partial charge in [0.15, 0.2) is 0 Å². The molecule has 0 heterocycles. The van der Waals surface area contributed by atoms with Crippen LogP contribution in [0.15, 0.2) is 18.2 Å². The lowest BCUT2D eigenvalue weighted by atomic mass is 10.0. The lowest BCUT2D eigenvalue weighted by Gasteiger charge is -2.15. The Morgan fingerprint density at radius 3 is 2.60 bits per heavy atom. The summed E-state index contributed by atoms with van der Waals surface area (Å²) in [5, 5.41) is 8.27. The van der Waals surface area contributed by atoms with E-state index in [1.54, 1.807) is 0 Å². The summed E-state index contributed by atoms with van der Waals surface area (Å²) < 4.78 is 39.5. The van der Waals surface area contributed by atoms with Crippen molar-refractivity contribution in [3.63, 3.8) is 0 Å². The molecule has 1 N–H and O–H groups in total. The Hall–Kier alpha value is -1.52. The van der Waals surface area contributed by atoms with Crippen molar-refractivity contribution in [2.75, 3.05) is 0 Å². The molecule has 0 aromatic heterocycles. The lowest BCUT2D eigenvalue weighted by molar-refractivity contribution is -0.145. The molecule has 1 aromatic carbocycles. The zero-order valence-electron chi connectivity index (χ0n) is 7.93. The summed E-state index contributed by atoms with van der Waals surface area (Å²) in [6.07, 6.45) is -1.41. The van der Waals surface area contributed by atoms with Gasteiger partial charge >= 0.3 is 5.97 Å². The van der Waals surface area contributed by atoms with Crippen molar-refractivity contribution in [1.29, 1.82) is 0 Å². The maximum absolute atomic E-state index is 13.2. The molecule has 0 fully saturated rings. The molecular formula is C10H9F3O2. The predicted molar refractivity (Wildman–Crippen MR) is 47.3 cm³/mol. The van der Waals surface area contributed by atoms with Crippen LogP contribution in [-0.4, -0.2) is 11.1 Å². The average molecular weight is 218 g/mol. The highest BCUT2D eigenvalue weighted by molar-refractivity contribution is 5.68. The van der Waals surface area contributed by atoms with Crippen molar-refractivity contribution in [2.45, 2.75) is 19.3 Å². The molecule has 0 aliphatic heterocycles. The largest absolute Gasteiger partial charge is 0.481 e. The molecule has 0 atom stereocenters. The van der Waals surface area contributed by atoms with Crippen LogP contribution < -0.4 is 0 Å². The van der Waals surface area contributed by atoms with E-state index in [1.165, 1.54) is 13.0 Å². The summed E-state index contributed by atoms with van der Waals surface area (Å²) >= 11 is 0. The van der Waals surface area contributed by atoms with Gasteiger partial charge in [-0.3, -0.25) is 4.79 Å². The topological polar surface area (TPSA) is 37.3 Å². The molecule has 0 amide bonds. The Morgan fingerprint density at radius 1 is 1.47 bits per heavy atom. The third-order valence-electron chi connectivity index (χ3n) is 1.89. The molecule has 15 heavy (non-hydrogen) atoms. The van der Waals surface area contributed by atoms with Crippen molar-refractivity contribution in [1.82, 2.24) is 0 Å². The average Bonchev–Trinajstić information content (AvgIpc) is 2.06. The zero-order valence-corrected chi connectivity index (χ0v) is 7.93. The van der Waals surface area contributed by atoms with Crippen molar-refractivity contribution in [3.8, 4) is 0 Å². The number of carboxylic acid groups (broad SMARTS) is 1. The SMILES string of the molecule is Cc1ccc(F)c(C(F)(F)CC(=O)O)c1. The quantitative estimate of drug-likeness (QED) is 0.846. The first-order valence-electron chi connectivity index (χ1n) is 4.19. The number of hydrogen-bond acceptors (Lipinski definition) is 1. The van der Waals surface area contributed by atoms with E-state index in [1.807, 2.05) is 0 Å². The van der Waals surface area contributed by atoms with Gasteiger partial charge in [0.05, 0.1) is 5.56 Å². The van der Waals surface area contributed by atoms with Gasteiger partial charge in [-0.2, -0.15) is 0 Å². The molecule has 0 aliphatic carbocycles. The molecule has 1 aromatic rings. The molecule has 2 nitrogen and oxygen atoms in total. The van der Waals surface area contributed by atoms with Crippen LogP contribution in [0.2, 0.25) is 0 Å². The fourth-order valence-corrected chi connectivity index (χ4v) is 1.20. The number of carboxylic acids is 1. The van der Waals surface area contributed by atoms with E-state index >= 15 is 0 Å². The Kier molecular flexibility index (Phi) is 3.02. The minimum atomic E-state index is -3.68. The van der Waals surface area contributed by atoms with E-state index in [0.29, 0.717) is 5.56 Å². The number of carbonyl (C=O) groups is 1. The highest BCUT2D eigenvalue weighted by atomic mass is 19.3. The molecule has 0 unspecified atom stereocenters. The summed E-state index contributed by atoms with van der Waals surface area (Å²) in [5.41, 5.74) is -0.415. The van der Waals surface area contributed by atoms with Gasteiger partial charge in [0, 0.05) is 0 Å². The number of benzene rings is 1. The molecule has 0 aliphatic rings. The second-order valence-corrected chi connectivity index (χ2v) is 3.26. The van der Waals surface area contributed by atoms with Crippen molar-refractivity contribution in [3.05, 3.63) is 35.1 Å². The molecule has 0 bridgehead atoms. The number of aryl methyl sites for hydroxylation is 1.